The van der Waals surface area contributed by atoms with Crippen LogP contribution in [0.25, 0.3) is 0 Å². The molecule has 2 aromatic rings. The van der Waals surface area contributed by atoms with Crippen molar-refractivity contribution in [2.45, 2.75) is 0 Å². The summed E-state index contributed by atoms with van der Waals surface area (Å²) in [5, 5.41) is 8.77. The highest BCUT2D eigenvalue weighted by atomic mass is 79.9. The van der Waals surface area contributed by atoms with Gasteiger partial charge in [0.2, 0.25) is 0 Å². The first-order valence-corrected chi connectivity index (χ1v) is 6.40. The van der Waals surface area contributed by atoms with Crippen LogP contribution in [0.4, 0.5) is 0 Å². The quantitative estimate of drug-likeness (QED) is 0.810. The fraction of sp³-hybridized carbons (Fsp3) is 0.0667. The topological polar surface area (TPSA) is 50.1 Å². The first kappa shape index (κ1) is 13.3. The van der Waals surface area contributed by atoms with Crippen LogP contribution in [0.5, 0.6) is 5.75 Å². The summed E-state index contributed by atoms with van der Waals surface area (Å²) >= 11 is 3.32. The van der Waals surface area contributed by atoms with E-state index in [0.29, 0.717) is 16.9 Å². The molecule has 2 aromatic carbocycles. The number of rotatable bonds is 4. The Labute approximate surface area is 119 Å². The highest BCUT2D eigenvalue weighted by Gasteiger charge is 2.07. The first-order valence-electron chi connectivity index (χ1n) is 5.61. The highest BCUT2D eigenvalue weighted by Crippen LogP contribution is 2.15. The summed E-state index contributed by atoms with van der Waals surface area (Å²) in [6.07, 6.45) is 0. The van der Waals surface area contributed by atoms with Gasteiger partial charge in [-0.2, -0.15) is 5.26 Å². The Hall–Kier alpha value is -2.12. The third-order valence-electron chi connectivity index (χ3n) is 2.48. The van der Waals surface area contributed by atoms with Crippen molar-refractivity contribution in [1.82, 2.24) is 0 Å². The molecule has 2 rings (SSSR count). The minimum absolute atomic E-state index is 0.0503. The molecular formula is C15H10BrNO2. The van der Waals surface area contributed by atoms with Gasteiger partial charge in [0, 0.05) is 10.0 Å². The molecule has 0 aromatic heterocycles. The van der Waals surface area contributed by atoms with Crippen molar-refractivity contribution in [3.63, 3.8) is 0 Å². The van der Waals surface area contributed by atoms with E-state index in [1.54, 1.807) is 42.5 Å². The number of hydrogen-bond acceptors (Lipinski definition) is 3. The summed E-state index contributed by atoms with van der Waals surface area (Å²) in [6, 6.07) is 15.9. The number of carbonyl (C=O) groups excluding carboxylic acids is 1. The van der Waals surface area contributed by atoms with E-state index in [1.807, 2.05) is 12.1 Å². The van der Waals surface area contributed by atoms with Crippen molar-refractivity contribution in [2.75, 3.05) is 6.61 Å². The molecule has 0 saturated carbocycles. The van der Waals surface area contributed by atoms with Crippen molar-refractivity contribution >= 4 is 21.7 Å². The van der Waals surface area contributed by atoms with E-state index in [-0.39, 0.29) is 12.4 Å². The summed E-state index contributed by atoms with van der Waals surface area (Å²) in [6.45, 7) is -0.0503. The van der Waals surface area contributed by atoms with Gasteiger partial charge in [0.15, 0.2) is 12.4 Å². The van der Waals surface area contributed by atoms with Crippen LogP contribution in [0, 0.1) is 11.3 Å². The van der Waals surface area contributed by atoms with Crippen LogP contribution in [-0.2, 0) is 0 Å². The molecule has 0 atom stereocenters. The van der Waals surface area contributed by atoms with E-state index in [4.69, 9.17) is 10.00 Å². The number of halogens is 1. The molecule has 0 aliphatic carbocycles. The lowest BCUT2D eigenvalue weighted by Gasteiger charge is -2.06. The Morgan fingerprint density at radius 2 is 2.00 bits per heavy atom. The summed E-state index contributed by atoms with van der Waals surface area (Å²) in [7, 11) is 0. The molecule has 0 aliphatic rings. The molecule has 3 nitrogen and oxygen atoms in total. The monoisotopic (exact) mass is 315 g/mol. The number of nitrogens with zero attached hydrogens (tertiary/aromatic N) is 1. The van der Waals surface area contributed by atoms with Gasteiger partial charge in [-0.1, -0.05) is 34.1 Å². The lowest BCUT2D eigenvalue weighted by atomic mass is 10.1. The van der Waals surface area contributed by atoms with Gasteiger partial charge in [-0.15, -0.1) is 0 Å². The van der Waals surface area contributed by atoms with Crippen molar-refractivity contribution in [3.05, 3.63) is 64.1 Å². The predicted molar refractivity (Wildman–Crippen MR) is 75.1 cm³/mol. The molecule has 19 heavy (non-hydrogen) atoms. The number of carbonyl (C=O) groups is 1. The van der Waals surface area contributed by atoms with E-state index in [1.165, 1.54) is 0 Å². The highest BCUT2D eigenvalue weighted by molar-refractivity contribution is 9.10. The summed E-state index contributed by atoms with van der Waals surface area (Å²) in [5.74, 6) is 0.408. The molecule has 0 bridgehead atoms. The van der Waals surface area contributed by atoms with Crippen LogP contribution in [0.2, 0.25) is 0 Å². The van der Waals surface area contributed by atoms with Gasteiger partial charge in [-0.3, -0.25) is 4.79 Å². The molecule has 0 saturated heterocycles. The largest absolute Gasteiger partial charge is 0.485 e. The van der Waals surface area contributed by atoms with Gasteiger partial charge in [0.05, 0.1) is 11.6 Å². The molecule has 0 fully saturated rings. The second kappa shape index (κ2) is 6.17. The van der Waals surface area contributed by atoms with E-state index >= 15 is 0 Å². The van der Waals surface area contributed by atoms with Crippen LogP contribution >= 0.6 is 15.9 Å². The van der Waals surface area contributed by atoms with Crippen LogP contribution in [0.1, 0.15) is 15.9 Å². The first-order chi connectivity index (χ1) is 9.19. The second-order valence-corrected chi connectivity index (χ2v) is 4.78. The Balaban J connectivity index is 2.02. The van der Waals surface area contributed by atoms with Crippen molar-refractivity contribution in [3.8, 4) is 11.8 Å². The molecule has 4 heteroatoms. The fourth-order valence-corrected chi connectivity index (χ4v) is 1.95. The Morgan fingerprint density at radius 3 is 2.74 bits per heavy atom. The van der Waals surface area contributed by atoms with Crippen molar-refractivity contribution in [1.29, 1.82) is 5.26 Å². The summed E-state index contributed by atoms with van der Waals surface area (Å²) in [5.41, 5.74) is 1.10. The van der Waals surface area contributed by atoms with Crippen LogP contribution in [-0.4, -0.2) is 12.4 Å². The average Bonchev–Trinajstić information content (AvgIpc) is 2.45. The molecule has 0 radical (unpaired) electrons. The number of hydrogen-bond donors (Lipinski definition) is 0. The minimum Gasteiger partial charge on any atom is -0.485 e. The van der Waals surface area contributed by atoms with Gasteiger partial charge in [-0.05, 0) is 30.3 Å². The van der Waals surface area contributed by atoms with Crippen molar-refractivity contribution in [2.24, 2.45) is 0 Å². The second-order valence-electron chi connectivity index (χ2n) is 3.86. The van der Waals surface area contributed by atoms with E-state index < -0.39 is 0 Å². The molecular weight excluding hydrogens is 306 g/mol. The van der Waals surface area contributed by atoms with Crippen LogP contribution < -0.4 is 4.74 Å². The molecule has 0 unspecified atom stereocenters. The number of Topliss-reactive ketones (excluding diaryl/α,β-unsaturated/α-hetero) is 1. The third kappa shape index (κ3) is 3.67. The van der Waals surface area contributed by atoms with Gasteiger partial charge >= 0.3 is 0 Å². The maximum Gasteiger partial charge on any atom is 0.200 e. The molecule has 0 N–H and O–H groups in total. The van der Waals surface area contributed by atoms with Crippen molar-refractivity contribution < 1.29 is 9.53 Å². The Morgan fingerprint density at radius 1 is 1.21 bits per heavy atom. The lowest BCUT2D eigenvalue weighted by Crippen LogP contribution is -2.11. The van der Waals surface area contributed by atoms with Gasteiger partial charge in [-0.25, -0.2) is 0 Å². The van der Waals surface area contributed by atoms with Gasteiger partial charge in [0.25, 0.3) is 0 Å². The molecule has 0 aliphatic heterocycles. The zero-order chi connectivity index (χ0) is 13.7. The zero-order valence-corrected chi connectivity index (χ0v) is 11.6. The maximum atomic E-state index is 11.9. The molecule has 94 valence electrons. The minimum atomic E-state index is -0.108. The third-order valence-corrected chi connectivity index (χ3v) is 2.97. The average molecular weight is 316 g/mol. The molecule has 0 spiro atoms. The normalized spacial score (nSPS) is 9.68. The number of ether oxygens (including phenoxy) is 1. The zero-order valence-electron chi connectivity index (χ0n) is 9.97. The van der Waals surface area contributed by atoms with Crippen LogP contribution in [0.3, 0.4) is 0 Å². The summed E-state index contributed by atoms with van der Waals surface area (Å²) < 4.78 is 6.24. The summed E-state index contributed by atoms with van der Waals surface area (Å²) in [4.78, 5) is 11.9. The van der Waals surface area contributed by atoms with E-state index in [2.05, 4.69) is 15.9 Å². The smallest absolute Gasteiger partial charge is 0.200 e. The Bertz CT molecular complexity index is 647. The fourth-order valence-electron chi connectivity index (χ4n) is 1.55. The number of nitriles is 1. The number of ketones is 1. The number of benzene rings is 2. The van der Waals surface area contributed by atoms with E-state index in [9.17, 15) is 4.79 Å². The standard InChI is InChI=1S/C15H10BrNO2/c16-13-5-2-4-12(8-13)15(18)10-19-14-6-1-3-11(7-14)9-17/h1-8H,10H2. The maximum absolute atomic E-state index is 11.9. The lowest BCUT2D eigenvalue weighted by molar-refractivity contribution is 0.0921. The Kier molecular flexibility index (Phi) is 4.32. The van der Waals surface area contributed by atoms with Gasteiger partial charge < -0.3 is 4.74 Å². The SMILES string of the molecule is N#Cc1cccc(OCC(=O)c2cccc(Br)c2)c1. The predicted octanol–water partition coefficient (Wildman–Crippen LogP) is 3.58. The molecule has 0 amide bonds. The van der Waals surface area contributed by atoms with E-state index in [0.717, 1.165) is 4.47 Å². The van der Waals surface area contributed by atoms with Crippen LogP contribution in [0.15, 0.2) is 53.0 Å². The van der Waals surface area contributed by atoms with Gasteiger partial charge in [0.1, 0.15) is 5.75 Å². The molecule has 0 heterocycles.